The highest BCUT2D eigenvalue weighted by atomic mass is 32.2. The van der Waals surface area contributed by atoms with Gasteiger partial charge in [-0.05, 0) is 32.3 Å². The first kappa shape index (κ1) is 19.7. The highest BCUT2D eigenvalue weighted by Gasteiger charge is 2.54. The number of carbonyl (C=O) groups is 1. The van der Waals surface area contributed by atoms with Gasteiger partial charge in [0.1, 0.15) is 5.60 Å². The van der Waals surface area contributed by atoms with E-state index in [0.29, 0.717) is 19.3 Å². The molecule has 27 heavy (non-hydrogen) atoms. The van der Waals surface area contributed by atoms with Crippen LogP contribution in [0.25, 0.3) is 0 Å². The average Bonchev–Trinajstić information content (AvgIpc) is 3.07. The standard InChI is InChI=1S/C17H22N2O7S/c1-3-12-11-25-16(17(2)10-6-9-15(20)26-17)18(12)27(23,24)14-8-5-4-7-13(14)19(21)22/h4-5,7-8,12,16H,3,6,9-11H2,1-2H3/t12-,16-,17+/m1/s1. The number of nitrogens with zero attached hydrogens (tertiary/aromatic N) is 2. The minimum Gasteiger partial charge on any atom is -0.455 e. The number of hydrogen-bond donors (Lipinski definition) is 0. The van der Waals surface area contributed by atoms with E-state index < -0.39 is 49.4 Å². The van der Waals surface area contributed by atoms with Gasteiger partial charge in [0.05, 0.1) is 17.6 Å². The predicted molar refractivity (Wildman–Crippen MR) is 94.3 cm³/mol. The van der Waals surface area contributed by atoms with Crippen molar-refractivity contribution in [3.8, 4) is 0 Å². The average molecular weight is 398 g/mol. The molecule has 2 fully saturated rings. The fourth-order valence-electron chi connectivity index (χ4n) is 3.67. The van der Waals surface area contributed by atoms with Crippen LogP contribution in [0.1, 0.15) is 39.5 Å². The molecular weight excluding hydrogens is 376 g/mol. The minimum atomic E-state index is -4.25. The van der Waals surface area contributed by atoms with Gasteiger partial charge in [-0.3, -0.25) is 14.9 Å². The Bertz CT molecular complexity index is 857. The number of rotatable bonds is 5. The van der Waals surface area contributed by atoms with Crippen molar-refractivity contribution < 1.29 is 27.6 Å². The number of ether oxygens (including phenoxy) is 2. The Balaban J connectivity index is 2.08. The van der Waals surface area contributed by atoms with Crippen LogP contribution in [0.2, 0.25) is 0 Å². The van der Waals surface area contributed by atoms with E-state index in [1.165, 1.54) is 18.2 Å². The molecule has 3 atom stereocenters. The SMILES string of the molecule is CC[C@@H]1CO[C@H]([C@]2(C)CCCC(=O)O2)N1S(=O)(=O)c1ccccc1[N+](=O)[O-]. The third-order valence-electron chi connectivity index (χ3n) is 5.05. The maximum Gasteiger partial charge on any atom is 0.306 e. The first-order valence-corrected chi connectivity index (χ1v) is 10.2. The van der Waals surface area contributed by atoms with E-state index in [2.05, 4.69) is 0 Å². The normalized spacial score (nSPS) is 29.5. The van der Waals surface area contributed by atoms with Crippen molar-refractivity contribution in [1.29, 1.82) is 0 Å². The number of nitro groups is 1. The van der Waals surface area contributed by atoms with Gasteiger partial charge in [0, 0.05) is 12.5 Å². The van der Waals surface area contributed by atoms with Crippen LogP contribution in [-0.2, 0) is 24.3 Å². The molecule has 0 amide bonds. The first-order valence-electron chi connectivity index (χ1n) is 8.81. The van der Waals surface area contributed by atoms with Crippen molar-refractivity contribution in [2.24, 2.45) is 0 Å². The van der Waals surface area contributed by atoms with Crippen molar-refractivity contribution in [3.05, 3.63) is 34.4 Å². The molecule has 0 aromatic heterocycles. The highest BCUT2D eigenvalue weighted by molar-refractivity contribution is 7.89. The molecule has 2 aliphatic rings. The molecule has 0 saturated carbocycles. The van der Waals surface area contributed by atoms with E-state index in [1.807, 2.05) is 6.92 Å². The van der Waals surface area contributed by atoms with Crippen LogP contribution in [0, 0.1) is 10.1 Å². The smallest absolute Gasteiger partial charge is 0.306 e. The molecule has 2 heterocycles. The first-order chi connectivity index (χ1) is 12.7. The Hall–Kier alpha value is -2.04. The maximum atomic E-state index is 13.4. The van der Waals surface area contributed by atoms with Gasteiger partial charge in [-0.25, -0.2) is 8.42 Å². The van der Waals surface area contributed by atoms with Gasteiger partial charge in [-0.15, -0.1) is 0 Å². The van der Waals surface area contributed by atoms with Gasteiger partial charge in [0.2, 0.25) is 0 Å². The molecule has 2 saturated heterocycles. The number of esters is 1. The summed E-state index contributed by atoms with van der Waals surface area (Å²) < 4.78 is 39.2. The fraction of sp³-hybridized carbons (Fsp3) is 0.588. The number of hydrogen-bond acceptors (Lipinski definition) is 7. The molecule has 148 valence electrons. The summed E-state index contributed by atoms with van der Waals surface area (Å²) in [5.41, 5.74) is -1.64. The van der Waals surface area contributed by atoms with Crippen molar-refractivity contribution in [1.82, 2.24) is 4.31 Å². The number of cyclic esters (lactones) is 1. The monoisotopic (exact) mass is 398 g/mol. The highest BCUT2D eigenvalue weighted by Crippen LogP contribution is 2.40. The van der Waals surface area contributed by atoms with Gasteiger partial charge >= 0.3 is 5.97 Å². The van der Waals surface area contributed by atoms with Gasteiger partial charge in [0.15, 0.2) is 11.1 Å². The predicted octanol–water partition coefficient (Wildman–Crippen LogP) is 2.21. The molecule has 1 aromatic rings. The summed E-state index contributed by atoms with van der Waals surface area (Å²) in [6.45, 7) is 3.59. The molecule has 0 spiro atoms. The second-order valence-corrected chi connectivity index (χ2v) is 8.76. The van der Waals surface area contributed by atoms with Crippen LogP contribution in [0.3, 0.4) is 0 Å². The minimum absolute atomic E-state index is 0.133. The molecule has 9 nitrogen and oxygen atoms in total. The molecule has 0 aliphatic carbocycles. The third-order valence-corrected chi connectivity index (χ3v) is 7.00. The van der Waals surface area contributed by atoms with E-state index in [9.17, 15) is 23.3 Å². The van der Waals surface area contributed by atoms with Crippen LogP contribution < -0.4 is 0 Å². The quantitative estimate of drug-likeness (QED) is 0.424. The Morgan fingerprint density at radius 2 is 2.07 bits per heavy atom. The van der Waals surface area contributed by atoms with E-state index >= 15 is 0 Å². The van der Waals surface area contributed by atoms with Crippen LogP contribution in [0.15, 0.2) is 29.2 Å². The summed E-state index contributed by atoms with van der Waals surface area (Å²) in [6.07, 6.45) is 0.710. The van der Waals surface area contributed by atoms with E-state index in [1.54, 1.807) is 6.92 Å². The maximum absolute atomic E-state index is 13.4. The Morgan fingerprint density at radius 3 is 2.70 bits per heavy atom. The zero-order valence-electron chi connectivity index (χ0n) is 15.2. The second-order valence-electron chi connectivity index (χ2n) is 6.95. The summed E-state index contributed by atoms with van der Waals surface area (Å²) in [6, 6.07) is 4.72. The van der Waals surface area contributed by atoms with Crippen LogP contribution in [0.4, 0.5) is 5.69 Å². The Labute approximate surface area is 157 Å². The van der Waals surface area contributed by atoms with Gasteiger partial charge in [0.25, 0.3) is 15.7 Å². The van der Waals surface area contributed by atoms with Gasteiger partial charge in [-0.2, -0.15) is 4.31 Å². The molecule has 0 N–H and O–H groups in total. The molecule has 10 heteroatoms. The van der Waals surface area contributed by atoms with Crippen LogP contribution >= 0.6 is 0 Å². The number of nitro benzene ring substituents is 1. The third kappa shape index (κ3) is 3.44. The lowest BCUT2D eigenvalue weighted by atomic mass is 9.93. The molecule has 3 rings (SSSR count). The van der Waals surface area contributed by atoms with E-state index in [0.717, 1.165) is 10.4 Å². The zero-order chi connectivity index (χ0) is 19.8. The van der Waals surface area contributed by atoms with E-state index in [-0.39, 0.29) is 13.0 Å². The van der Waals surface area contributed by atoms with Gasteiger partial charge in [-0.1, -0.05) is 19.1 Å². The lowest BCUT2D eigenvalue weighted by Gasteiger charge is -2.41. The summed E-state index contributed by atoms with van der Waals surface area (Å²) in [7, 11) is -4.25. The Kier molecular flexibility index (Phi) is 5.24. The molecule has 2 aliphatic heterocycles. The summed E-state index contributed by atoms with van der Waals surface area (Å²) >= 11 is 0. The number of benzene rings is 1. The summed E-state index contributed by atoms with van der Waals surface area (Å²) in [5, 5.41) is 11.3. The lowest BCUT2D eigenvalue weighted by molar-refractivity contribution is -0.387. The van der Waals surface area contributed by atoms with Crippen molar-refractivity contribution >= 4 is 21.7 Å². The topological polar surface area (TPSA) is 116 Å². The molecule has 0 unspecified atom stereocenters. The number of sulfonamides is 1. The molecule has 1 aromatic carbocycles. The van der Waals surface area contributed by atoms with Crippen molar-refractivity contribution in [2.45, 2.75) is 62.3 Å². The molecule has 0 bridgehead atoms. The largest absolute Gasteiger partial charge is 0.455 e. The fourth-order valence-corrected chi connectivity index (χ4v) is 5.69. The molecule has 0 radical (unpaired) electrons. The van der Waals surface area contributed by atoms with Crippen molar-refractivity contribution in [2.75, 3.05) is 6.61 Å². The van der Waals surface area contributed by atoms with Crippen LogP contribution in [0.5, 0.6) is 0 Å². The second kappa shape index (κ2) is 7.17. The lowest BCUT2D eigenvalue weighted by Crippen LogP contribution is -2.56. The van der Waals surface area contributed by atoms with Crippen molar-refractivity contribution in [3.63, 3.8) is 0 Å². The number of carbonyl (C=O) groups excluding carboxylic acids is 1. The van der Waals surface area contributed by atoms with Gasteiger partial charge < -0.3 is 9.47 Å². The summed E-state index contributed by atoms with van der Waals surface area (Å²) in [5.74, 6) is -0.407. The molecular formula is C17H22N2O7S. The Morgan fingerprint density at radius 1 is 1.37 bits per heavy atom. The van der Waals surface area contributed by atoms with Crippen LogP contribution in [-0.4, -0.2) is 48.1 Å². The van der Waals surface area contributed by atoms with E-state index in [4.69, 9.17) is 9.47 Å². The number of para-hydroxylation sites is 1. The zero-order valence-corrected chi connectivity index (χ0v) is 16.0. The summed E-state index contributed by atoms with van der Waals surface area (Å²) in [4.78, 5) is 22.1.